The smallest absolute Gasteiger partial charge is 0.259 e. The number of ether oxygens (including phenoxy) is 1. The molecule has 1 aliphatic carbocycles. The van der Waals surface area contributed by atoms with Gasteiger partial charge in [-0.3, -0.25) is 9.69 Å². The third kappa shape index (κ3) is 4.42. The summed E-state index contributed by atoms with van der Waals surface area (Å²) in [6.45, 7) is 5.97. The Bertz CT molecular complexity index is 1390. The average Bonchev–Trinajstić information content (AvgIpc) is 3.24. The Morgan fingerprint density at radius 1 is 1.23 bits per heavy atom. The van der Waals surface area contributed by atoms with Crippen molar-refractivity contribution in [3.05, 3.63) is 65.3 Å². The van der Waals surface area contributed by atoms with E-state index in [9.17, 15) is 9.18 Å². The molecule has 1 aliphatic heterocycles. The third-order valence-corrected chi connectivity index (χ3v) is 6.56. The summed E-state index contributed by atoms with van der Waals surface area (Å²) in [4.78, 5) is 19.9. The van der Waals surface area contributed by atoms with E-state index in [4.69, 9.17) is 9.26 Å². The van der Waals surface area contributed by atoms with Crippen LogP contribution >= 0.6 is 0 Å². The summed E-state index contributed by atoms with van der Waals surface area (Å²) in [6.07, 6.45) is 2.97. The van der Waals surface area contributed by atoms with Crippen LogP contribution in [0.5, 0.6) is 0 Å². The first-order chi connectivity index (χ1) is 17.0. The summed E-state index contributed by atoms with van der Waals surface area (Å²) in [7, 11) is 0. The highest BCUT2D eigenvalue weighted by Gasteiger charge is 2.43. The molecule has 2 aliphatic rings. The van der Waals surface area contributed by atoms with Gasteiger partial charge in [0.2, 0.25) is 11.7 Å². The number of aryl methyl sites for hydroxylation is 1. The quantitative estimate of drug-likeness (QED) is 0.454. The molecule has 6 rings (SSSR count). The lowest BCUT2D eigenvalue weighted by Crippen LogP contribution is -2.35. The largest absolute Gasteiger partial charge is 0.379 e. The number of nitrogens with one attached hydrogen (secondary N) is 1. The molecule has 35 heavy (non-hydrogen) atoms. The average molecular weight is 477 g/mol. The van der Waals surface area contributed by atoms with Gasteiger partial charge in [-0.1, -0.05) is 17.3 Å². The number of amides is 1. The highest BCUT2D eigenvalue weighted by molar-refractivity contribution is 6.09. The summed E-state index contributed by atoms with van der Waals surface area (Å²) in [6, 6.07) is 9.57. The van der Waals surface area contributed by atoms with Crippen molar-refractivity contribution < 1.29 is 18.4 Å². The van der Waals surface area contributed by atoms with Gasteiger partial charge in [-0.15, -0.1) is 0 Å². The van der Waals surface area contributed by atoms with E-state index in [1.165, 1.54) is 0 Å². The summed E-state index contributed by atoms with van der Waals surface area (Å²) in [5, 5.41) is 11.3. The number of fused-ring (bicyclic) bond motifs is 1. The van der Waals surface area contributed by atoms with Crippen molar-refractivity contribution in [1.29, 1.82) is 0 Å². The minimum absolute atomic E-state index is 0.254. The number of carbonyl (C=O) groups excluding carboxylic acids is 1. The lowest BCUT2D eigenvalue weighted by molar-refractivity contribution is 0.0342. The minimum atomic E-state index is -0.906. The van der Waals surface area contributed by atoms with Gasteiger partial charge in [0, 0.05) is 37.1 Å². The van der Waals surface area contributed by atoms with Crippen LogP contribution in [0.15, 0.2) is 47.2 Å². The molecule has 1 aromatic carbocycles. The molecule has 0 radical (unpaired) electrons. The Hall–Kier alpha value is -3.63. The van der Waals surface area contributed by atoms with Crippen LogP contribution in [0.1, 0.15) is 39.7 Å². The van der Waals surface area contributed by atoms with Crippen molar-refractivity contribution in [2.24, 2.45) is 0 Å². The van der Waals surface area contributed by atoms with Crippen molar-refractivity contribution >= 4 is 17.1 Å². The predicted octanol–water partition coefficient (Wildman–Crippen LogP) is 3.60. The summed E-state index contributed by atoms with van der Waals surface area (Å²) in [5.41, 5.74) is 4.56. The lowest BCUT2D eigenvalue weighted by atomic mass is 10.1. The van der Waals surface area contributed by atoms with Gasteiger partial charge in [-0.05, 0) is 42.7 Å². The van der Waals surface area contributed by atoms with Gasteiger partial charge < -0.3 is 14.6 Å². The van der Waals surface area contributed by atoms with E-state index >= 15 is 0 Å². The Labute approximate surface area is 200 Å². The van der Waals surface area contributed by atoms with Crippen molar-refractivity contribution in [3.63, 3.8) is 0 Å². The number of nitrogens with zero attached hydrogens (tertiary/aromatic N) is 5. The lowest BCUT2D eigenvalue weighted by Gasteiger charge is -2.26. The molecule has 1 saturated carbocycles. The van der Waals surface area contributed by atoms with E-state index in [0.29, 0.717) is 35.0 Å². The molecule has 2 fully saturated rings. The maximum atomic E-state index is 13.3. The van der Waals surface area contributed by atoms with E-state index in [2.05, 4.69) is 25.5 Å². The fourth-order valence-electron chi connectivity index (χ4n) is 4.32. The van der Waals surface area contributed by atoms with Gasteiger partial charge in [-0.2, -0.15) is 10.1 Å². The molecule has 1 saturated heterocycles. The van der Waals surface area contributed by atoms with E-state index in [-0.39, 0.29) is 11.8 Å². The first-order valence-corrected chi connectivity index (χ1v) is 11.7. The van der Waals surface area contributed by atoms with Crippen LogP contribution in [0.3, 0.4) is 0 Å². The molecule has 10 heteroatoms. The first-order valence-electron chi connectivity index (χ1n) is 11.7. The molecule has 2 atom stereocenters. The zero-order valence-corrected chi connectivity index (χ0v) is 19.3. The van der Waals surface area contributed by atoms with Crippen LogP contribution in [-0.4, -0.2) is 63.0 Å². The number of morpholine rings is 1. The predicted molar refractivity (Wildman–Crippen MR) is 126 cm³/mol. The van der Waals surface area contributed by atoms with Gasteiger partial charge in [0.1, 0.15) is 6.17 Å². The second-order valence-electron chi connectivity index (χ2n) is 9.11. The van der Waals surface area contributed by atoms with Gasteiger partial charge >= 0.3 is 0 Å². The van der Waals surface area contributed by atoms with Crippen molar-refractivity contribution in [1.82, 2.24) is 24.7 Å². The molecule has 4 heterocycles. The third-order valence-electron chi connectivity index (χ3n) is 6.56. The number of pyridine rings is 1. The van der Waals surface area contributed by atoms with Gasteiger partial charge in [0.15, 0.2) is 0 Å². The van der Waals surface area contributed by atoms with Crippen LogP contribution in [0.25, 0.3) is 16.9 Å². The van der Waals surface area contributed by atoms with E-state index < -0.39 is 6.17 Å². The van der Waals surface area contributed by atoms with Crippen LogP contribution in [0.2, 0.25) is 0 Å². The summed E-state index contributed by atoms with van der Waals surface area (Å²) in [5.74, 6) is 0.136. The topological polar surface area (TPSA) is 97.8 Å². The van der Waals surface area contributed by atoms with E-state index in [1.807, 2.05) is 37.4 Å². The molecule has 180 valence electrons. The van der Waals surface area contributed by atoms with Gasteiger partial charge in [0.25, 0.3) is 5.91 Å². The van der Waals surface area contributed by atoms with Crippen molar-refractivity contribution in [3.8, 4) is 11.4 Å². The zero-order valence-electron chi connectivity index (χ0n) is 19.3. The van der Waals surface area contributed by atoms with Crippen LogP contribution < -0.4 is 5.32 Å². The monoisotopic (exact) mass is 476 g/mol. The molecule has 0 bridgehead atoms. The number of alkyl halides is 1. The van der Waals surface area contributed by atoms with Crippen molar-refractivity contribution in [2.45, 2.75) is 32.0 Å². The molecule has 4 aromatic rings. The zero-order chi connectivity index (χ0) is 23.9. The van der Waals surface area contributed by atoms with Gasteiger partial charge in [-0.25, -0.2) is 8.91 Å². The minimum Gasteiger partial charge on any atom is -0.379 e. The molecule has 1 N–H and O–H groups in total. The highest BCUT2D eigenvalue weighted by atomic mass is 19.1. The Balaban J connectivity index is 1.23. The Kier molecular flexibility index (Phi) is 5.54. The standard InChI is InChI=1S/C25H25FN6O3/c1-15-2-3-17(23-29-25(35-30-23)18-12-20(18)26)11-21(15)28-24(33)19-13-27-32-5-4-16(10-22(19)32)14-31-6-8-34-9-7-31/h2-5,10-11,13,18,20H,6-9,12,14H2,1H3,(H,28,33)/t18-,20-/m0/s1. The maximum absolute atomic E-state index is 13.3. The number of carbonyl (C=O) groups is 1. The Morgan fingerprint density at radius 2 is 2.06 bits per heavy atom. The molecular weight excluding hydrogens is 451 g/mol. The summed E-state index contributed by atoms with van der Waals surface area (Å²) >= 11 is 0. The van der Waals surface area contributed by atoms with Crippen LogP contribution in [0, 0.1) is 6.92 Å². The summed E-state index contributed by atoms with van der Waals surface area (Å²) < 4.78 is 25.7. The number of aromatic nitrogens is 4. The van der Waals surface area contributed by atoms with Crippen LogP contribution in [-0.2, 0) is 11.3 Å². The van der Waals surface area contributed by atoms with E-state index in [0.717, 1.165) is 49.5 Å². The maximum Gasteiger partial charge on any atom is 0.259 e. The van der Waals surface area contributed by atoms with Crippen LogP contribution in [0.4, 0.5) is 10.1 Å². The highest BCUT2D eigenvalue weighted by Crippen LogP contribution is 2.43. The Morgan fingerprint density at radius 3 is 2.86 bits per heavy atom. The second kappa shape index (κ2) is 8.86. The van der Waals surface area contributed by atoms with Gasteiger partial charge in [0.05, 0.1) is 36.4 Å². The first kappa shape index (κ1) is 21.9. The fourth-order valence-corrected chi connectivity index (χ4v) is 4.32. The molecule has 0 unspecified atom stereocenters. The molecule has 1 amide bonds. The number of benzene rings is 1. The molecule has 0 spiro atoms. The SMILES string of the molecule is Cc1ccc(-c2noc([C@H]3C[C@@H]3F)n2)cc1NC(=O)c1cnn2ccc(CN3CCOCC3)cc12. The fraction of sp³-hybridized carbons (Fsp3) is 0.360. The number of anilines is 1. The number of halogens is 1. The number of hydrogen-bond acceptors (Lipinski definition) is 7. The normalized spacial score (nSPS) is 20.3. The molecule has 9 nitrogen and oxygen atoms in total. The van der Waals surface area contributed by atoms with E-state index in [1.54, 1.807) is 16.8 Å². The van der Waals surface area contributed by atoms with Crippen molar-refractivity contribution in [2.75, 3.05) is 31.6 Å². The second-order valence-corrected chi connectivity index (χ2v) is 9.11. The molecule has 3 aromatic heterocycles. The number of rotatable bonds is 6. The number of hydrogen-bond donors (Lipinski definition) is 1. The molecular formula is C25H25FN6O3.